The molecule has 3 rings (SSSR count). The lowest BCUT2D eigenvalue weighted by Gasteiger charge is -2.15. The van der Waals surface area contributed by atoms with Gasteiger partial charge in [0.2, 0.25) is 0 Å². The highest BCUT2D eigenvalue weighted by Crippen LogP contribution is 2.31. The van der Waals surface area contributed by atoms with Gasteiger partial charge in [0.25, 0.3) is 15.9 Å². The van der Waals surface area contributed by atoms with Crippen LogP contribution >= 0.6 is 23.2 Å². The lowest BCUT2D eigenvalue weighted by molar-refractivity contribution is 0.0876. The Hall–Kier alpha value is -1.61. The molecule has 0 saturated heterocycles. The molecule has 0 radical (unpaired) electrons. The Kier molecular flexibility index (Phi) is 4.57. The summed E-state index contributed by atoms with van der Waals surface area (Å²) < 4.78 is 50.3. The van der Waals surface area contributed by atoms with Gasteiger partial charge in [-0.1, -0.05) is 35.3 Å². The Morgan fingerprint density at radius 3 is 2.36 bits per heavy atom. The number of hydrogen-bond donors (Lipinski definition) is 0. The van der Waals surface area contributed by atoms with E-state index in [-0.39, 0.29) is 25.4 Å². The van der Waals surface area contributed by atoms with Gasteiger partial charge < -0.3 is 0 Å². The van der Waals surface area contributed by atoms with E-state index in [2.05, 4.69) is 0 Å². The molecule has 0 fully saturated rings. The van der Waals surface area contributed by atoms with Crippen molar-refractivity contribution >= 4 is 49.0 Å². The number of rotatable bonds is 4. The SMILES string of the molecule is O=C1c2ccccc2S(=O)(=O)N1CCS(=O)(=O)c1ccc(Cl)cc1Cl. The molecule has 0 unspecified atom stereocenters. The summed E-state index contributed by atoms with van der Waals surface area (Å²) in [5, 5.41) is 0.211. The fraction of sp³-hybridized carbons (Fsp3) is 0.133. The Morgan fingerprint density at radius 2 is 1.72 bits per heavy atom. The number of sulfonamides is 1. The molecular formula is C15H11Cl2NO5S2. The van der Waals surface area contributed by atoms with E-state index in [1.54, 1.807) is 6.07 Å². The van der Waals surface area contributed by atoms with Crippen LogP contribution in [0, 0.1) is 0 Å². The van der Waals surface area contributed by atoms with Crippen molar-refractivity contribution in [2.24, 2.45) is 0 Å². The number of carbonyl (C=O) groups is 1. The van der Waals surface area contributed by atoms with E-state index in [1.165, 1.54) is 36.4 Å². The van der Waals surface area contributed by atoms with Crippen molar-refractivity contribution in [1.29, 1.82) is 0 Å². The first-order chi connectivity index (χ1) is 11.6. The largest absolute Gasteiger partial charge is 0.269 e. The van der Waals surface area contributed by atoms with Gasteiger partial charge in [-0.15, -0.1) is 0 Å². The number of amides is 1. The maximum absolute atomic E-state index is 12.5. The number of nitrogens with zero attached hydrogens (tertiary/aromatic N) is 1. The van der Waals surface area contributed by atoms with Crippen LogP contribution in [0.25, 0.3) is 0 Å². The van der Waals surface area contributed by atoms with Gasteiger partial charge in [-0.2, -0.15) is 0 Å². The van der Waals surface area contributed by atoms with E-state index in [1.807, 2.05) is 0 Å². The zero-order valence-electron chi connectivity index (χ0n) is 12.5. The Morgan fingerprint density at radius 1 is 1.04 bits per heavy atom. The smallest absolute Gasteiger partial charge is 0.268 e. The van der Waals surface area contributed by atoms with Crippen LogP contribution in [-0.4, -0.2) is 39.3 Å². The van der Waals surface area contributed by atoms with Crippen LogP contribution in [0.5, 0.6) is 0 Å². The summed E-state index contributed by atoms with van der Waals surface area (Å²) in [5.41, 5.74) is 0.0319. The van der Waals surface area contributed by atoms with Gasteiger partial charge >= 0.3 is 0 Å². The molecule has 0 saturated carbocycles. The number of hydrogen-bond acceptors (Lipinski definition) is 5. The highest BCUT2D eigenvalue weighted by molar-refractivity contribution is 7.92. The summed E-state index contributed by atoms with van der Waals surface area (Å²) in [6.07, 6.45) is 0. The van der Waals surface area contributed by atoms with Crippen LogP contribution in [0.2, 0.25) is 10.0 Å². The normalized spacial score (nSPS) is 16.1. The molecule has 2 aromatic rings. The van der Waals surface area contributed by atoms with Gasteiger partial charge in [-0.3, -0.25) is 4.79 Å². The third kappa shape index (κ3) is 3.15. The van der Waals surface area contributed by atoms with E-state index in [9.17, 15) is 21.6 Å². The molecule has 132 valence electrons. The minimum absolute atomic E-state index is 0.0319. The molecule has 6 nitrogen and oxygen atoms in total. The van der Waals surface area contributed by atoms with Crippen molar-refractivity contribution < 1.29 is 21.6 Å². The average Bonchev–Trinajstić information content (AvgIpc) is 2.72. The minimum atomic E-state index is -4.05. The number of halogens is 2. The highest BCUT2D eigenvalue weighted by atomic mass is 35.5. The zero-order chi connectivity index (χ0) is 18.4. The average molecular weight is 420 g/mol. The number of sulfone groups is 1. The monoisotopic (exact) mass is 419 g/mol. The summed E-state index contributed by atoms with van der Waals surface area (Å²) >= 11 is 11.6. The number of carbonyl (C=O) groups excluding carboxylic acids is 1. The Bertz CT molecular complexity index is 1080. The van der Waals surface area contributed by atoms with Gasteiger partial charge in [0.1, 0.15) is 4.90 Å². The maximum Gasteiger partial charge on any atom is 0.269 e. The molecule has 10 heteroatoms. The van der Waals surface area contributed by atoms with Crippen LogP contribution in [0.15, 0.2) is 52.3 Å². The molecule has 0 aliphatic carbocycles. The van der Waals surface area contributed by atoms with Crippen molar-refractivity contribution in [3.05, 3.63) is 58.1 Å². The van der Waals surface area contributed by atoms with Crippen molar-refractivity contribution in [1.82, 2.24) is 4.31 Å². The molecule has 0 spiro atoms. The molecular weight excluding hydrogens is 409 g/mol. The molecule has 1 aliphatic heterocycles. The van der Waals surface area contributed by atoms with E-state index >= 15 is 0 Å². The predicted molar refractivity (Wildman–Crippen MR) is 93.2 cm³/mol. The second kappa shape index (κ2) is 6.28. The molecule has 0 bridgehead atoms. The third-order valence-electron chi connectivity index (χ3n) is 3.70. The standard InChI is InChI=1S/C15H11Cl2NO5S2/c16-10-5-6-14(12(17)9-10)24(20,21)8-7-18-15(19)11-3-1-2-4-13(11)25(18,22)23/h1-6,9H,7-8H2. The van der Waals surface area contributed by atoms with Crippen LogP contribution in [-0.2, 0) is 19.9 Å². The molecule has 1 amide bonds. The topological polar surface area (TPSA) is 88.6 Å². The number of benzene rings is 2. The predicted octanol–water partition coefficient (Wildman–Crippen LogP) is 2.61. The molecule has 2 aromatic carbocycles. The summed E-state index contributed by atoms with van der Waals surface area (Å²) in [5.74, 6) is -1.33. The van der Waals surface area contributed by atoms with E-state index in [0.29, 0.717) is 4.31 Å². The zero-order valence-corrected chi connectivity index (χ0v) is 15.7. The van der Waals surface area contributed by atoms with Crippen molar-refractivity contribution in [3.63, 3.8) is 0 Å². The summed E-state index contributed by atoms with van der Waals surface area (Å²) in [6, 6.07) is 9.64. The quantitative estimate of drug-likeness (QED) is 0.759. The minimum Gasteiger partial charge on any atom is -0.268 e. The molecule has 0 atom stereocenters. The van der Waals surface area contributed by atoms with Crippen LogP contribution in [0.3, 0.4) is 0 Å². The summed E-state index contributed by atoms with van der Waals surface area (Å²) in [7, 11) is -7.96. The Balaban J connectivity index is 1.88. The first-order valence-corrected chi connectivity index (χ1v) is 10.8. The second-order valence-electron chi connectivity index (χ2n) is 5.27. The first kappa shape index (κ1) is 18.2. The maximum atomic E-state index is 12.5. The van der Waals surface area contributed by atoms with Gasteiger partial charge in [0.05, 0.1) is 27.8 Å². The van der Waals surface area contributed by atoms with Crippen molar-refractivity contribution in [2.75, 3.05) is 12.3 Å². The van der Waals surface area contributed by atoms with E-state index < -0.39 is 38.1 Å². The van der Waals surface area contributed by atoms with Crippen LogP contribution in [0.4, 0.5) is 0 Å². The lowest BCUT2D eigenvalue weighted by Crippen LogP contribution is -2.34. The number of fused-ring (bicyclic) bond motifs is 1. The molecule has 1 heterocycles. The third-order valence-corrected chi connectivity index (χ3v) is 7.95. The summed E-state index contributed by atoms with van der Waals surface area (Å²) in [6.45, 7) is -0.503. The Labute approximate surface area is 154 Å². The van der Waals surface area contributed by atoms with Crippen molar-refractivity contribution in [3.8, 4) is 0 Å². The van der Waals surface area contributed by atoms with Crippen LogP contribution < -0.4 is 0 Å². The van der Waals surface area contributed by atoms with E-state index in [0.717, 1.165) is 0 Å². The van der Waals surface area contributed by atoms with Gasteiger partial charge in [0.15, 0.2) is 9.84 Å². The molecule has 0 aromatic heterocycles. The van der Waals surface area contributed by atoms with E-state index in [4.69, 9.17) is 23.2 Å². The fourth-order valence-corrected chi connectivity index (χ4v) is 6.21. The second-order valence-corrected chi connectivity index (χ2v) is 10.0. The molecule has 0 N–H and O–H groups in total. The highest BCUT2D eigenvalue weighted by Gasteiger charge is 2.41. The first-order valence-electron chi connectivity index (χ1n) is 6.98. The van der Waals surface area contributed by atoms with Gasteiger partial charge in [0, 0.05) is 5.02 Å². The molecule has 25 heavy (non-hydrogen) atoms. The fourth-order valence-electron chi connectivity index (χ4n) is 2.49. The van der Waals surface area contributed by atoms with Crippen molar-refractivity contribution in [2.45, 2.75) is 9.79 Å². The lowest BCUT2D eigenvalue weighted by atomic mass is 10.2. The van der Waals surface area contributed by atoms with Crippen LogP contribution in [0.1, 0.15) is 10.4 Å². The van der Waals surface area contributed by atoms with Gasteiger partial charge in [-0.25, -0.2) is 21.1 Å². The summed E-state index contributed by atoms with van der Waals surface area (Å²) in [4.78, 5) is 12.0. The molecule has 1 aliphatic rings. The van der Waals surface area contributed by atoms with Gasteiger partial charge in [-0.05, 0) is 30.3 Å².